The van der Waals surface area contributed by atoms with Gasteiger partial charge < -0.3 is 19.5 Å². The van der Waals surface area contributed by atoms with E-state index in [2.05, 4.69) is 0 Å². The number of β-amino-alcohol motifs (C(OH)–C–C–N with tert-alkyl or cyclic N) is 1. The topological polar surface area (TPSA) is 76.1 Å². The molecule has 6 nitrogen and oxygen atoms in total. The third-order valence-electron chi connectivity index (χ3n) is 3.95. The van der Waals surface area contributed by atoms with E-state index in [9.17, 15) is 14.7 Å². The fourth-order valence-corrected chi connectivity index (χ4v) is 2.67. The molecule has 0 spiro atoms. The Kier molecular flexibility index (Phi) is 6.45. The van der Waals surface area contributed by atoms with Gasteiger partial charge in [0.1, 0.15) is 5.60 Å². The third kappa shape index (κ3) is 6.01. The highest BCUT2D eigenvalue weighted by Crippen LogP contribution is 2.30. The summed E-state index contributed by atoms with van der Waals surface area (Å²) >= 11 is 0. The first-order chi connectivity index (χ1) is 10.5. The molecule has 1 fully saturated rings. The predicted octanol–water partition coefficient (Wildman–Crippen LogP) is 2.73. The van der Waals surface area contributed by atoms with Crippen molar-refractivity contribution >= 4 is 12.1 Å². The lowest BCUT2D eigenvalue weighted by atomic mass is 9.86. The standard InChI is InChI=1S/C17H31NO5/c1-7-22-14(20)17(5,6)9-8-12-10-13(19)11-18(12)15(21)23-16(2,3)4/h12-13,19H,7-11H2,1-6H3/t12-,13-/m1/s1. The molecule has 134 valence electrons. The molecule has 1 aliphatic rings. The Morgan fingerprint density at radius 2 is 1.83 bits per heavy atom. The molecule has 0 radical (unpaired) electrons. The fourth-order valence-electron chi connectivity index (χ4n) is 2.67. The zero-order valence-corrected chi connectivity index (χ0v) is 15.2. The Bertz CT molecular complexity index is 427. The molecule has 1 N–H and O–H groups in total. The van der Waals surface area contributed by atoms with Gasteiger partial charge in [-0.2, -0.15) is 0 Å². The van der Waals surface area contributed by atoms with Crippen LogP contribution < -0.4 is 0 Å². The first-order valence-electron chi connectivity index (χ1n) is 8.31. The van der Waals surface area contributed by atoms with Crippen LogP contribution in [0.15, 0.2) is 0 Å². The minimum absolute atomic E-state index is 0.117. The molecule has 0 aromatic carbocycles. The predicted molar refractivity (Wildman–Crippen MR) is 87.0 cm³/mol. The van der Waals surface area contributed by atoms with Crippen LogP contribution in [-0.2, 0) is 14.3 Å². The quantitative estimate of drug-likeness (QED) is 0.785. The average Bonchev–Trinajstić information content (AvgIpc) is 2.76. The molecule has 0 bridgehead atoms. The highest BCUT2D eigenvalue weighted by molar-refractivity contribution is 5.75. The lowest BCUT2D eigenvalue weighted by Crippen LogP contribution is -2.41. The number of aliphatic hydroxyl groups is 1. The van der Waals surface area contributed by atoms with Crippen LogP contribution in [0.25, 0.3) is 0 Å². The summed E-state index contributed by atoms with van der Waals surface area (Å²) in [5.74, 6) is -0.234. The Hall–Kier alpha value is -1.30. The normalized spacial score (nSPS) is 22.1. The van der Waals surface area contributed by atoms with E-state index in [0.717, 1.165) is 0 Å². The van der Waals surface area contributed by atoms with Crippen molar-refractivity contribution < 1.29 is 24.2 Å². The lowest BCUT2D eigenvalue weighted by Gasteiger charge is -2.30. The maximum atomic E-state index is 12.3. The van der Waals surface area contributed by atoms with Gasteiger partial charge in [0, 0.05) is 6.04 Å². The van der Waals surface area contributed by atoms with Gasteiger partial charge in [-0.3, -0.25) is 4.79 Å². The molecule has 0 aliphatic carbocycles. The number of carbonyl (C=O) groups is 2. The van der Waals surface area contributed by atoms with Gasteiger partial charge in [-0.05, 0) is 60.8 Å². The van der Waals surface area contributed by atoms with Gasteiger partial charge in [-0.1, -0.05) is 0 Å². The Morgan fingerprint density at radius 1 is 1.22 bits per heavy atom. The van der Waals surface area contributed by atoms with Gasteiger partial charge in [0.05, 0.1) is 24.7 Å². The van der Waals surface area contributed by atoms with Crippen molar-refractivity contribution in [3.05, 3.63) is 0 Å². The summed E-state index contributed by atoms with van der Waals surface area (Å²) in [6.07, 6.45) is 0.772. The molecule has 6 heteroatoms. The van der Waals surface area contributed by atoms with Crippen molar-refractivity contribution in [3.8, 4) is 0 Å². The van der Waals surface area contributed by atoms with Crippen LogP contribution in [0.2, 0.25) is 0 Å². The van der Waals surface area contributed by atoms with E-state index in [1.807, 2.05) is 34.6 Å². The molecule has 1 aliphatic heterocycles. The zero-order valence-electron chi connectivity index (χ0n) is 15.2. The largest absolute Gasteiger partial charge is 0.466 e. The number of hydrogen-bond donors (Lipinski definition) is 1. The highest BCUT2D eigenvalue weighted by atomic mass is 16.6. The molecule has 23 heavy (non-hydrogen) atoms. The van der Waals surface area contributed by atoms with Crippen LogP contribution in [0.4, 0.5) is 4.79 Å². The summed E-state index contributed by atoms with van der Waals surface area (Å²) in [6.45, 7) is 11.5. The van der Waals surface area contributed by atoms with Crippen molar-refractivity contribution in [1.29, 1.82) is 0 Å². The average molecular weight is 329 g/mol. The molecule has 1 amide bonds. The van der Waals surface area contributed by atoms with E-state index in [4.69, 9.17) is 9.47 Å². The number of likely N-dealkylation sites (tertiary alicyclic amines) is 1. The molecular weight excluding hydrogens is 298 g/mol. The first kappa shape index (κ1) is 19.7. The van der Waals surface area contributed by atoms with E-state index in [-0.39, 0.29) is 18.6 Å². The third-order valence-corrected chi connectivity index (χ3v) is 3.95. The lowest BCUT2D eigenvalue weighted by molar-refractivity contribution is -0.153. The second-order valence-electron chi connectivity index (χ2n) is 7.82. The summed E-state index contributed by atoms with van der Waals surface area (Å²) in [5.41, 5.74) is -1.18. The van der Waals surface area contributed by atoms with Crippen molar-refractivity contribution in [2.75, 3.05) is 13.2 Å². The molecule has 1 rings (SSSR count). The van der Waals surface area contributed by atoms with E-state index in [1.54, 1.807) is 11.8 Å². The van der Waals surface area contributed by atoms with Crippen molar-refractivity contribution in [3.63, 3.8) is 0 Å². The first-order valence-corrected chi connectivity index (χ1v) is 8.31. The van der Waals surface area contributed by atoms with Crippen LogP contribution in [-0.4, -0.2) is 53.0 Å². The second kappa shape index (κ2) is 7.51. The number of carbonyl (C=O) groups excluding carboxylic acids is 2. The molecule has 1 saturated heterocycles. The smallest absolute Gasteiger partial charge is 0.410 e. The van der Waals surface area contributed by atoms with Crippen LogP contribution in [0.1, 0.15) is 60.8 Å². The van der Waals surface area contributed by atoms with E-state index >= 15 is 0 Å². The van der Waals surface area contributed by atoms with Crippen LogP contribution in [0.5, 0.6) is 0 Å². The number of aliphatic hydroxyl groups excluding tert-OH is 1. The molecule has 0 unspecified atom stereocenters. The fraction of sp³-hybridized carbons (Fsp3) is 0.882. The second-order valence-corrected chi connectivity index (χ2v) is 7.82. The summed E-state index contributed by atoms with van der Waals surface area (Å²) in [4.78, 5) is 25.8. The van der Waals surface area contributed by atoms with Gasteiger partial charge >= 0.3 is 12.1 Å². The van der Waals surface area contributed by atoms with Gasteiger partial charge in [0.2, 0.25) is 0 Å². The molecule has 0 aromatic heterocycles. The maximum Gasteiger partial charge on any atom is 0.410 e. The van der Waals surface area contributed by atoms with E-state index < -0.39 is 23.2 Å². The Morgan fingerprint density at radius 3 is 2.35 bits per heavy atom. The minimum atomic E-state index is -0.608. The van der Waals surface area contributed by atoms with Gasteiger partial charge in [-0.25, -0.2) is 4.79 Å². The summed E-state index contributed by atoms with van der Waals surface area (Å²) in [7, 11) is 0. The number of amides is 1. The molecule has 2 atom stereocenters. The number of hydrogen-bond acceptors (Lipinski definition) is 5. The van der Waals surface area contributed by atoms with E-state index in [0.29, 0.717) is 25.9 Å². The van der Waals surface area contributed by atoms with Gasteiger partial charge in [0.15, 0.2) is 0 Å². The number of rotatable bonds is 5. The van der Waals surface area contributed by atoms with Gasteiger partial charge in [-0.15, -0.1) is 0 Å². The number of ether oxygens (including phenoxy) is 2. The van der Waals surface area contributed by atoms with E-state index in [1.165, 1.54) is 0 Å². The monoisotopic (exact) mass is 329 g/mol. The Balaban J connectivity index is 2.66. The van der Waals surface area contributed by atoms with Crippen LogP contribution in [0.3, 0.4) is 0 Å². The van der Waals surface area contributed by atoms with Crippen LogP contribution in [0, 0.1) is 5.41 Å². The van der Waals surface area contributed by atoms with Crippen molar-refractivity contribution in [1.82, 2.24) is 4.90 Å². The Labute approximate surface area is 139 Å². The minimum Gasteiger partial charge on any atom is -0.466 e. The highest BCUT2D eigenvalue weighted by Gasteiger charge is 2.38. The molecule has 0 saturated carbocycles. The summed E-state index contributed by atoms with van der Waals surface area (Å²) in [6, 6.07) is -0.117. The SMILES string of the molecule is CCOC(=O)C(C)(C)CC[C@@H]1C[C@@H](O)CN1C(=O)OC(C)(C)C. The van der Waals surface area contributed by atoms with Gasteiger partial charge in [0.25, 0.3) is 0 Å². The zero-order chi connectivity index (χ0) is 17.8. The summed E-state index contributed by atoms with van der Waals surface area (Å²) < 4.78 is 10.5. The van der Waals surface area contributed by atoms with Crippen molar-refractivity contribution in [2.45, 2.75) is 78.6 Å². The number of esters is 1. The number of nitrogens with zero attached hydrogens (tertiary/aromatic N) is 1. The summed E-state index contributed by atoms with van der Waals surface area (Å²) in [5, 5.41) is 9.90. The van der Waals surface area contributed by atoms with Crippen LogP contribution >= 0.6 is 0 Å². The molecule has 1 heterocycles. The van der Waals surface area contributed by atoms with Crippen molar-refractivity contribution in [2.24, 2.45) is 5.41 Å². The maximum absolute atomic E-state index is 12.3. The molecule has 0 aromatic rings. The molecular formula is C17H31NO5.